The third-order valence-corrected chi connectivity index (χ3v) is 5.46. The van der Waals surface area contributed by atoms with Crippen molar-refractivity contribution in [1.82, 2.24) is 0 Å². The van der Waals surface area contributed by atoms with Crippen LogP contribution in [0.3, 0.4) is 0 Å². The summed E-state index contributed by atoms with van der Waals surface area (Å²) in [7, 11) is 0. The fourth-order valence-electron chi connectivity index (χ4n) is 3.80. The molecule has 2 amide bonds. The number of carbonyl (C=O) groups excluding carboxylic acids is 2. The maximum absolute atomic E-state index is 13.2. The van der Waals surface area contributed by atoms with Gasteiger partial charge in [-0.05, 0) is 67.3 Å². The zero-order valence-electron chi connectivity index (χ0n) is 17.0. The van der Waals surface area contributed by atoms with Gasteiger partial charge in [-0.15, -0.1) is 0 Å². The molecule has 150 valence electrons. The Bertz CT molecular complexity index is 1120. The third kappa shape index (κ3) is 3.90. The first-order valence-corrected chi connectivity index (χ1v) is 10.1. The third-order valence-electron chi connectivity index (χ3n) is 5.46. The highest BCUT2D eigenvalue weighted by atomic mass is 16.2. The number of benzene rings is 3. The van der Waals surface area contributed by atoms with Crippen LogP contribution in [0.15, 0.2) is 79.4 Å². The Balaban J connectivity index is 1.54. The van der Waals surface area contributed by atoms with E-state index in [1.54, 1.807) is 30.3 Å². The summed E-state index contributed by atoms with van der Waals surface area (Å²) in [5.74, 6) is -0.207. The number of allylic oxidation sites excluding steroid dienone is 1. The predicted octanol–water partition coefficient (Wildman–Crippen LogP) is 5.70. The van der Waals surface area contributed by atoms with E-state index >= 15 is 0 Å². The van der Waals surface area contributed by atoms with E-state index in [4.69, 9.17) is 0 Å². The first-order valence-electron chi connectivity index (χ1n) is 10.1. The van der Waals surface area contributed by atoms with Crippen LogP contribution >= 0.6 is 0 Å². The largest absolute Gasteiger partial charge is 0.322 e. The fraction of sp³-hybridized carbons (Fsp3) is 0.154. The van der Waals surface area contributed by atoms with E-state index < -0.39 is 0 Å². The average molecular weight is 396 g/mol. The zero-order valence-corrected chi connectivity index (χ0v) is 17.0. The second kappa shape index (κ2) is 8.37. The van der Waals surface area contributed by atoms with Crippen molar-refractivity contribution in [2.24, 2.45) is 0 Å². The molecule has 4 rings (SSSR count). The molecule has 0 saturated heterocycles. The molecule has 4 heteroatoms. The molecule has 3 aromatic rings. The Morgan fingerprint density at radius 1 is 0.933 bits per heavy atom. The average Bonchev–Trinajstić information content (AvgIpc) is 2.93. The van der Waals surface area contributed by atoms with Gasteiger partial charge >= 0.3 is 0 Å². The van der Waals surface area contributed by atoms with Gasteiger partial charge in [-0.25, -0.2) is 0 Å². The Hall–Kier alpha value is -3.66. The Morgan fingerprint density at radius 2 is 1.63 bits per heavy atom. The van der Waals surface area contributed by atoms with Gasteiger partial charge in [-0.1, -0.05) is 43.0 Å². The first-order chi connectivity index (χ1) is 14.5. The first kappa shape index (κ1) is 19.6. The molecule has 0 atom stereocenters. The SMILES string of the molecule is C=C1CCCN(C(=O)c2ccc(NC(=O)c3ccccc3C)cc2)c2ccccc21. The van der Waals surface area contributed by atoms with Gasteiger partial charge in [-0.3, -0.25) is 9.59 Å². The van der Waals surface area contributed by atoms with E-state index in [9.17, 15) is 9.59 Å². The summed E-state index contributed by atoms with van der Waals surface area (Å²) in [6, 6.07) is 22.4. The van der Waals surface area contributed by atoms with Crippen molar-refractivity contribution in [3.63, 3.8) is 0 Å². The van der Waals surface area contributed by atoms with Gasteiger partial charge in [-0.2, -0.15) is 0 Å². The van der Waals surface area contributed by atoms with Crippen LogP contribution in [0.5, 0.6) is 0 Å². The highest BCUT2D eigenvalue weighted by Gasteiger charge is 2.23. The second-order valence-corrected chi connectivity index (χ2v) is 7.53. The molecule has 0 saturated carbocycles. The summed E-state index contributed by atoms with van der Waals surface area (Å²) in [6.07, 6.45) is 1.76. The highest BCUT2D eigenvalue weighted by molar-refractivity contribution is 6.08. The molecular weight excluding hydrogens is 372 g/mol. The Kier molecular flexibility index (Phi) is 5.48. The number of carbonyl (C=O) groups is 2. The Labute approximate surface area is 176 Å². The molecule has 0 unspecified atom stereocenters. The molecule has 0 radical (unpaired) electrons. The number of rotatable bonds is 3. The van der Waals surface area contributed by atoms with Crippen LogP contribution in [0.25, 0.3) is 5.57 Å². The van der Waals surface area contributed by atoms with Crippen molar-refractivity contribution >= 4 is 28.8 Å². The number of hydrogen-bond acceptors (Lipinski definition) is 2. The van der Waals surface area contributed by atoms with Gasteiger partial charge in [0, 0.05) is 28.9 Å². The van der Waals surface area contributed by atoms with Gasteiger partial charge in [0.25, 0.3) is 11.8 Å². The topological polar surface area (TPSA) is 49.4 Å². The predicted molar refractivity (Wildman–Crippen MR) is 122 cm³/mol. The summed E-state index contributed by atoms with van der Waals surface area (Å²) in [6.45, 7) is 6.73. The van der Waals surface area contributed by atoms with E-state index in [1.165, 1.54) is 0 Å². The molecule has 0 aromatic heterocycles. The van der Waals surface area contributed by atoms with Crippen molar-refractivity contribution in [2.75, 3.05) is 16.8 Å². The number of hydrogen-bond donors (Lipinski definition) is 1. The monoisotopic (exact) mass is 396 g/mol. The molecule has 30 heavy (non-hydrogen) atoms. The van der Waals surface area contributed by atoms with Gasteiger partial charge in [0.1, 0.15) is 0 Å². The van der Waals surface area contributed by atoms with Gasteiger partial charge < -0.3 is 10.2 Å². The summed E-state index contributed by atoms with van der Waals surface area (Å²) in [5.41, 5.74) is 5.81. The minimum atomic E-state index is -0.160. The summed E-state index contributed by atoms with van der Waals surface area (Å²) in [4.78, 5) is 27.6. The lowest BCUT2D eigenvalue weighted by Crippen LogP contribution is -2.31. The van der Waals surface area contributed by atoms with E-state index in [0.29, 0.717) is 23.4 Å². The zero-order chi connectivity index (χ0) is 21.1. The minimum absolute atomic E-state index is 0.0473. The number of nitrogens with zero attached hydrogens (tertiary/aromatic N) is 1. The Morgan fingerprint density at radius 3 is 2.40 bits per heavy atom. The van der Waals surface area contributed by atoms with E-state index in [1.807, 2.05) is 54.3 Å². The summed E-state index contributed by atoms with van der Waals surface area (Å²) >= 11 is 0. The lowest BCUT2D eigenvalue weighted by molar-refractivity contribution is 0.0985. The smallest absolute Gasteiger partial charge is 0.258 e. The number of para-hydroxylation sites is 1. The molecule has 0 aliphatic carbocycles. The van der Waals surface area contributed by atoms with Crippen LogP contribution in [0, 0.1) is 6.92 Å². The van der Waals surface area contributed by atoms with Gasteiger partial charge in [0.05, 0.1) is 5.69 Å². The molecule has 0 bridgehead atoms. The van der Waals surface area contributed by atoms with Gasteiger partial charge in [0.15, 0.2) is 0 Å². The van der Waals surface area contributed by atoms with Crippen molar-refractivity contribution in [3.05, 3.63) is 102 Å². The van der Waals surface area contributed by atoms with Crippen LogP contribution in [0.1, 0.15) is 44.7 Å². The number of nitrogens with one attached hydrogen (secondary N) is 1. The van der Waals surface area contributed by atoms with Crippen molar-refractivity contribution in [1.29, 1.82) is 0 Å². The lowest BCUT2D eigenvalue weighted by Gasteiger charge is -2.23. The summed E-state index contributed by atoms with van der Waals surface area (Å²) in [5, 5.41) is 2.90. The molecular formula is C26H24N2O2. The molecule has 1 aliphatic heterocycles. The fourth-order valence-corrected chi connectivity index (χ4v) is 3.80. The van der Waals surface area contributed by atoms with E-state index in [-0.39, 0.29) is 11.8 Å². The van der Waals surface area contributed by atoms with Crippen molar-refractivity contribution in [2.45, 2.75) is 19.8 Å². The minimum Gasteiger partial charge on any atom is -0.322 e. The van der Waals surface area contributed by atoms with Crippen LogP contribution in [0.4, 0.5) is 11.4 Å². The van der Waals surface area contributed by atoms with Crippen LogP contribution in [-0.4, -0.2) is 18.4 Å². The molecule has 1 heterocycles. The lowest BCUT2D eigenvalue weighted by atomic mass is 10.0. The normalized spacial score (nSPS) is 13.4. The summed E-state index contributed by atoms with van der Waals surface area (Å²) < 4.78 is 0. The van der Waals surface area contributed by atoms with Crippen LogP contribution < -0.4 is 10.2 Å². The van der Waals surface area contributed by atoms with E-state index in [2.05, 4.69) is 11.9 Å². The molecule has 1 N–H and O–H groups in total. The van der Waals surface area contributed by atoms with Crippen LogP contribution in [0.2, 0.25) is 0 Å². The second-order valence-electron chi connectivity index (χ2n) is 7.53. The maximum Gasteiger partial charge on any atom is 0.258 e. The van der Waals surface area contributed by atoms with Crippen LogP contribution in [-0.2, 0) is 0 Å². The number of amides is 2. The maximum atomic E-state index is 13.2. The molecule has 3 aromatic carbocycles. The molecule has 1 aliphatic rings. The number of anilines is 2. The van der Waals surface area contributed by atoms with E-state index in [0.717, 1.165) is 35.2 Å². The molecule has 0 fully saturated rings. The number of aryl methyl sites for hydroxylation is 1. The highest BCUT2D eigenvalue weighted by Crippen LogP contribution is 2.33. The molecule has 0 spiro atoms. The molecule has 4 nitrogen and oxygen atoms in total. The van der Waals surface area contributed by atoms with Crippen molar-refractivity contribution in [3.8, 4) is 0 Å². The quantitative estimate of drug-likeness (QED) is 0.617. The van der Waals surface area contributed by atoms with Crippen molar-refractivity contribution < 1.29 is 9.59 Å². The van der Waals surface area contributed by atoms with Gasteiger partial charge in [0.2, 0.25) is 0 Å². The number of fused-ring (bicyclic) bond motifs is 1. The standard InChI is InChI=1S/C26H24N2O2/c1-18-9-7-17-28(24-12-6-5-10-22(18)24)26(30)20-13-15-21(16-14-20)27-25(29)23-11-4-3-8-19(23)2/h3-6,8,10-16H,1,7,9,17H2,2H3,(H,27,29).